The van der Waals surface area contributed by atoms with Crippen LogP contribution in [-0.4, -0.2) is 37.8 Å². The molecule has 1 fully saturated rings. The van der Waals surface area contributed by atoms with Gasteiger partial charge in [-0.15, -0.1) is 0 Å². The van der Waals surface area contributed by atoms with Gasteiger partial charge in [0.1, 0.15) is 12.2 Å². The SMILES string of the molecule is CO[C@@H]1[C@@H](OCc2ccccc2)[C@H](C(C)=O)OC[C@@H]1C. The maximum absolute atomic E-state index is 11.7. The largest absolute Gasteiger partial charge is 0.378 e. The highest BCUT2D eigenvalue weighted by molar-refractivity contribution is 5.81. The standard InChI is InChI=1S/C16H22O4/c1-11-9-19-15(12(2)17)16(14(11)18-3)20-10-13-7-5-4-6-8-13/h4-8,11,14-16H,9-10H2,1-3H3/t11-,14-,15-,16+/m0/s1. The van der Waals surface area contributed by atoms with Gasteiger partial charge >= 0.3 is 0 Å². The molecule has 1 heterocycles. The molecule has 1 saturated heterocycles. The normalized spacial score (nSPS) is 30.1. The Morgan fingerprint density at radius 3 is 2.60 bits per heavy atom. The third-order valence-corrected chi connectivity index (χ3v) is 3.68. The van der Waals surface area contributed by atoms with Gasteiger partial charge in [0.05, 0.1) is 19.3 Å². The minimum atomic E-state index is -0.542. The van der Waals surface area contributed by atoms with Gasteiger partial charge in [-0.1, -0.05) is 37.3 Å². The second-order valence-corrected chi connectivity index (χ2v) is 5.30. The molecule has 0 radical (unpaired) electrons. The van der Waals surface area contributed by atoms with Crippen molar-refractivity contribution in [3.05, 3.63) is 35.9 Å². The Morgan fingerprint density at radius 2 is 2.00 bits per heavy atom. The van der Waals surface area contributed by atoms with E-state index in [1.54, 1.807) is 7.11 Å². The fourth-order valence-corrected chi connectivity index (χ4v) is 2.61. The van der Waals surface area contributed by atoms with E-state index in [4.69, 9.17) is 14.2 Å². The third-order valence-electron chi connectivity index (χ3n) is 3.68. The Morgan fingerprint density at radius 1 is 1.30 bits per heavy atom. The van der Waals surface area contributed by atoms with Crippen LogP contribution in [0.4, 0.5) is 0 Å². The lowest BCUT2D eigenvalue weighted by Crippen LogP contribution is -2.53. The maximum atomic E-state index is 11.7. The number of hydrogen-bond acceptors (Lipinski definition) is 4. The summed E-state index contributed by atoms with van der Waals surface area (Å²) in [6.45, 7) is 4.55. The third kappa shape index (κ3) is 3.45. The van der Waals surface area contributed by atoms with Gasteiger partial charge in [0.25, 0.3) is 0 Å². The van der Waals surface area contributed by atoms with Crippen LogP contribution in [-0.2, 0) is 25.6 Å². The summed E-state index contributed by atoms with van der Waals surface area (Å²) in [6, 6.07) is 9.89. The first-order valence-corrected chi connectivity index (χ1v) is 6.94. The zero-order valence-corrected chi connectivity index (χ0v) is 12.2. The number of methoxy groups -OCH3 is 1. The van der Waals surface area contributed by atoms with Crippen LogP contribution < -0.4 is 0 Å². The first-order chi connectivity index (χ1) is 9.63. The van der Waals surface area contributed by atoms with Gasteiger partial charge in [0.15, 0.2) is 5.78 Å². The topological polar surface area (TPSA) is 44.8 Å². The maximum Gasteiger partial charge on any atom is 0.161 e. The van der Waals surface area contributed by atoms with Crippen LogP contribution in [0, 0.1) is 5.92 Å². The summed E-state index contributed by atoms with van der Waals surface area (Å²) in [5.41, 5.74) is 1.07. The van der Waals surface area contributed by atoms with Gasteiger partial charge in [0, 0.05) is 13.0 Å². The number of ether oxygens (including phenoxy) is 3. The number of carbonyl (C=O) groups excluding carboxylic acids is 1. The molecule has 0 saturated carbocycles. The molecule has 1 aliphatic rings. The average Bonchev–Trinajstić information content (AvgIpc) is 2.45. The van der Waals surface area contributed by atoms with Crippen LogP contribution in [0.3, 0.4) is 0 Å². The molecule has 0 unspecified atom stereocenters. The van der Waals surface area contributed by atoms with Crippen molar-refractivity contribution in [3.8, 4) is 0 Å². The van der Waals surface area contributed by atoms with Crippen molar-refractivity contribution in [1.29, 1.82) is 0 Å². The van der Waals surface area contributed by atoms with Gasteiger partial charge in [-0.3, -0.25) is 4.79 Å². The lowest BCUT2D eigenvalue weighted by Gasteiger charge is -2.39. The molecular weight excluding hydrogens is 256 g/mol. The van der Waals surface area contributed by atoms with Crippen molar-refractivity contribution in [2.45, 2.75) is 38.8 Å². The second kappa shape index (κ2) is 6.97. The summed E-state index contributed by atoms with van der Waals surface area (Å²) in [5.74, 6) is 0.188. The minimum Gasteiger partial charge on any atom is -0.378 e. The summed E-state index contributed by atoms with van der Waals surface area (Å²) < 4.78 is 17.1. The predicted octanol–water partition coefficient (Wildman–Crippen LogP) is 2.21. The fraction of sp³-hybridized carbons (Fsp3) is 0.562. The Balaban J connectivity index is 2.08. The molecule has 20 heavy (non-hydrogen) atoms. The summed E-state index contributed by atoms with van der Waals surface area (Å²) in [7, 11) is 1.66. The molecule has 2 rings (SSSR count). The highest BCUT2D eigenvalue weighted by Crippen LogP contribution is 2.26. The van der Waals surface area contributed by atoms with E-state index in [0.29, 0.717) is 13.2 Å². The minimum absolute atomic E-state index is 0.0167. The van der Waals surface area contributed by atoms with Crippen molar-refractivity contribution >= 4 is 5.78 Å². The van der Waals surface area contributed by atoms with Crippen molar-refractivity contribution in [2.24, 2.45) is 5.92 Å². The first kappa shape index (κ1) is 15.2. The molecule has 0 bridgehead atoms. The van der Waals surface area contributed by atoms with Crippen LogP contribution in [0.15, 0.2) is 30.3 Å². The highest BCUT2D eigenvalue weighted by atomic mass is 16.6. The molecular formula is C16H22O4. The molecule has 0 spiro atoms. The van der Waals surface area contributed by atoms with Crippen molar-refractivity contribution in [1.82, 2.24) is 0 Å². The van der Waals surface area contributed by atoms with E-state index in [0.717, 1.165) is 5.56 Å². The number of rotatable bonds is 5. The molecule has 0 amide bonds. The molecule has 0 aromatic heterocycles. The quantitative estimate of drug-likeness (QED) is 0.828. The van der Waals surface area contributed by atoms with Crippen LogP contribution in [0.25, 0.3) is 0 Å². The summed E-state index contributed by atoms with van der Waals surface area (Å²) in [6.07, 6.45) is -1.03. The van der Waals surface area contributed by atoms with Gasteiger partial charge in [-0.05, 0) is 12.5 Å². The molecule has 1 aromatic carbocycles. The van der Waals surface area contributed by atoms with E-state index in [1.807, 2.05) is 37.3 Å². The fourth-order valence-electron chi connectivity index (χ4n) is 2.61. The monoisotopic (exact) mass is 278 g/mol. The van der Waals surface area contributed by atoms with E-state index >= 15 is 0 Å². The van der Waals surface area contributed by atoms with Crippen LogP contribution in [0.1, 0.15) is 19.4 Å². The molecule has 110 valence electrons. The van der Waals surface area contributed by atoms with Crippen LogP contribution >= 0.6 is 0 Å². The zero-order valence-electron chi connectivity index (χ0n) is 12.2. The number of hydrogen-bond donors (Lipinski definition) is 0. The number of benzene rings is 1. The Bertz CT molecular complexity index is 431. The first-order valence-electron chi connectivity index (χ1n) is 6.94. The lowest BCUT2D eigenvalue weighted by atomic mass is 9.92. The smallest absolute Gasteiger partial charge is 0.161 e. The molecule has 1 aliphatic heterocycles. The lowest BCUT2D eigenvalue weighted by molar-refractivity contribution is -0.195. The Kier molecular flexibility index (Phi) is 5.29. The molecule has 0 aliphatic carbocycles. The van der Waals surface area contributed by atoms with Crippen molar-refractivity contribution in [2.75, 3.05) is 13.7 Å². The van der Waals surface area contributed by atoms with E-state index in [-0.39, 0.29) is 23.9 Å². The molecule has 1 aromatic rings. The number of ketones is 1. The summed E-state index contributed by atoms with van der Waals surface area (Å²) >= 11 is 0. The van der Waals surface area contributed by atoms with E-state index in [2.05, 4.69) is 0 Å². The van der Waals surface area contributed by atoms with E-state index in [9.17, 15) is 4.79 Å². The van der Waals surface area contributed by atoms with Crippen molar-refractivity contribution in [3.63, 3.8) is 0 Å². The van der Waals surface area contributed by atoms with E-state index in [1.165, 1.54) is 6.92 Å². The van der Waals surface area contributed by atoms with Crippen LogP contribution in [0.5, 0.6) is 0 Å². The van der Waals surface area contributed by atoms with Crippen LogP contribution in [0.2, 0.25) is 0 Å². The van der Waals surface area contributed by atoms with Gasteiger partial charge < -0.3 is 14.2 Å². The summed E-state index contributed by atoms with van der Waals surface area (Å²) in [4.78, 5) is 11.7. The molecule has 4 atom stereocenters. The van der Waals surface area contributed by atoms with Gasteiger partial charge in [0.2, 0.25) is 0 Å². The number of carbonyl (C=O) groups is 1. The van der Waals surface area contributed by atoms with E-state index < -0.39 is 6.10 Å². The summed E-state index contributed by atoms with van der Waals surface area (Å²) in [5, 5.41) is 0. The Labute approximate surface area is 120 Å². The van der Waals surface area contributed by atoms with Gasteiger partial charge in [-0.2, -0.15) is 0 Å². The van der Waals surface area contributed by atoms with Crippen molar-refractivity contribution < 1.29 is 19.0 Å². The van der Waals surface area contributed by atoms with Gasteiger partial charge in [-0.25, -0.2) is 0 Å². The highest BCUT2D eigenvalue weighted by Gasteiger charge is 2.41. The second-order valence-electron chi connectivity index (χ2n) is 5.30. The molecule has 4 heteroatoms. The average molecular weight is 278 g/mol. The Hall–Kier alpha value is -1.23. The number of Topliss-reactive ketones (excluding diaryl/α,β-unsaturated/α-hetero) is 1. The molecule has 4 nitrogen and oxygen atoms in total. The zero-order chi connectivity index (χ0) is 14.5. The molecule has 0 N–H and O–H groups in total. The predicted molar refractivity (Wildman–Crippen MR) is 75.4 cm³/mol.